The summed E-state index contributed by atoms with van der Waals surface area (Å²) in [5, 5.41) is 14.6. The minimum absolute atomic E-state index is 0.0785. The number of amides is 1. The van der Waals surface area contributed by atoms with Gasteiger partial charge in [-0.15, -0.1) is 0 Å². The molecule has 2 rings (SSSR count). The van der Waals surface area contributed by atoms with Gasteiger partial charge in [0.05, 0.1) is 5.83 Å². The van der Waals surface area contributed by atoms with Crippen LogP contribution in [-0.2, 0) is 22.6 Å². The third-order valence-electron chi connectivity index (χ3n) is 5.02. The molecule has 0 aliphatic carbocycles. The Kier molecular flexibility index (Phi) is 10.5. The normalized spacial score (nSPS) is 11.5. The number of halogens is 1. The van der Waals surface area contributed by atoms with Crippen molar-refractivity contribution in [2.75, 3.05) is 0 Å². The highest BCUT2D eigenvalue weighted by molar-refractivity contribution is 5.93. The Hall–Kier alpha value is -4.13. The van der Waals surface area contributed by atoms with Gasteiger partial charge in [-0.05, 0) is 79.8 Å². The molecular weight excluding hydrogens is 447 g/mol. The van der Waals surface area contributed by atoms with Crippen LogP contribution in [-0.4, -0.2) is 17.0 Å². The third-order valence-corrected chi connectivity index (χ3v) is 5.02. The monoisotopic (exact) mass is 478 g/mol. The standard InChI is InChI=1S/C28H31FN2O4/c1-5-21(4)31-26(11-6-8-20(3)29)28(34)30-18-22-9-7-10-24(17-22)35-25-14-12-23(19(2)16-25)13-15-27(32)33/h5,7-12,14,16-17,31H,1,4,6,13,15,18H2,2-3H3,(H,30,34)(H,32,33)/b20-8+,26-11-. The van der Waals surface area contributed by atoms with E-state index in [0.29, 0.717) is 23.6 Å². The van der Waals surface area contributed by atoms with E-state index in [1.807, 2.05) is 43.3 Å². The van der Waals surface area contributed by atoms with Crippen molar-refractivity contribution in [1.29, 1.82) is 0 Å². The van der Waals surface area contributed by atoms with Gasteiger partial charge >= 0.3 is 5.97 Å². The zero-order chi connectivity index (χ0) is 25.8. The largest absolute Gasteiger partial charge is 0.481 e. The highest BCUT2D eigenvalue weighted by atomic mass is 19.1. The first-order valence-electron chi connectivity index (χ1n) is 11.1. The van der Waals surface area contributed by atoms with Crippen molar-refractivity contribution in [2.24, 2.45) is 0 Å². The summed E-state index contributed by atoms with van der Waals surface area (Å²) in [6.07, 6.45) is 5.22. The van der Waals surface area contributed by atoms with Crippen LogP contribution < -0.4 is 15.4 Å². The van der Waals surface area contributed by atoms with Crippen molar-refractivity contribution >= 4 is 11.9 Å². The summed E-state index contributed by atoms with van der Waals surface area (Å²) >= 11 is 0. The van der Waals surface area contributed by atoms with Crippen LogP contribution in [0.1, 0.15) is 36.5 Å². The number of aryl methyl sites for hydroxylation is 2. The predicted octanol–water partition coefficient (Wildman–Crippen LogP) is 5.86. The molecular formula is C28H31FN2O4. The van der Waals surface area contributed by atoms with Gasteiger partial charge in [0.2, 0.25) is 0 Å². The second-order valence-electron chi connectivity index (χ2n) is 7.91. The number of benzene rings is 2. The van der Waals surface area contributed by atoms with Crippen LogP contribution in [0.3, 0.4) is 0 Å². The van der Waals surface area contributed by atoms with E-state index in [1.165, 1.54) is 19.1 Å². The maximum absolute atomic E-state index is 13.0. The molecule has 0 aliphatic rings. The van der Waals surface area contributed by atoms with E-state index < -0.39 is 5.97 Å². The van der Waals surface area contributed by atoms with Crippen LogP contribution in [0.25, 0.3) is 0 Å². The average molecular weight is 479 g/mol. The SMILES string of the molecule is C=CC(=C)N/C(=C\C/C=C(\C)F)C(=O)NCc1cccc(Oc2ccc(CCC(=O)O)c(C)c2)c1. The van der Waals surface area contributed by atoms with Crippen molar-refractivity contribution in [3.8, 4) is 11.5 Å². The lowest BCUT2D eigenvalue weighted by atomic mass is 10.0. The molecule has 1 amide bonds. The van der Waals surface area contributed by atoms with Crippen LogP contribution in [0.15, 0.2) is 91.1 Å². The Morgan fingerprint density at radius 3 is 2.54 bits per heavy atom. The number of allylic oxidation sites excluding steroid dienone is 4. The Morgan fingerprint density at radius 2 is 1.89 bits per heavy atom. The number of carbonyl (C=O) groups excluding carboxylic acids is 1. The van der Waals surface area contributed by atoms with Crippen LogP contribution in [0.5, 0.6) is 11.5 Å². The van der Waals surface area contributed by atoms with Gasteiger partial charge < -0.3 is 20.5 Å². The Morgan fingerprint density at radius 1 is 1.14 bits per heavy atom. The van der Waals surface area contributed by atoms with E-state index in [4.69, 9.17) is 9.84 Å². The molecule has 0 fully saturated rings. The number of aliphatic carboxylic acids is 1. The summed E-state index contributed by atoms with van der Waals surface area (Å²) < 4.78 is 19.0. The van der Waals surface area contributed by atoms with Crippen molar-refractivity contribution in [3.63, 3.8) is 0 Å². The fourth-order valence-electron chi connectivity index (χ4n) is 3.15. The van der Waals surface area contributed by atoms with E-state index in [-0.39, 0.29) is 36.8 Å². The van der Waals surface area contributed by atoms with Crippen molar-refractivity contribution in [1.82, 2.24) is 10.6 Å². The number of hydrogen-bond donors (Lipinski definition) is 3. The first-order chi connectivity index (χ1) is 16.7. The molecule has 0 heterocycles. The van der Waals surface area contributed by atoms with E-state index >= 15 is 0 Å². The molecule has 0 bridgehead atoms. The molecule has 0 unspecified atom stereocenters. The zero-order valence-corrected chi connectivity index (χ0v) is 20.1. The number of rotatable bonds is 13. The van der Waals surface area contributed by atoms with E-state index in [1.54, 1.807) is 12.1 Å². The van der Waals surface area contributed by atoms with Gasteiger partial charge in [0.15, 0.2) is 0 Å². The highest BCUT2D eigenvalue weighted by Gasteiger charge is 2.10. The van der Waals surface area contributed by atoms with Gasteiger partial charge in [0.1, 0.15) is 17.2 Å². The molecule has 0 spiro atoms. The molecule has 0 atom stereocenters. The quantitative estimate of drug-likeness (QED) is 0.248. The number of carbonyl (C=O) groups is 2. The Bertz CT molecular complexity index is 1150. The first-order valence-corrected chi connectivity index (χ1v) is 11.1. The fourth-order valence-corrected chi connectivity index (χ4v) is 3.15. The van der Waals surface area contributed by atoms with Gasteiger partial charge in [-0.3, -0.25) is 9.59 Å². The summed E-state index contributed by atoms with van der Waals surface area (Å²) in [5.74, 6) is -0.283. The first kappa shape index (κ1) is 27.1. The van der Waals surface area contributed by atoms with Crippen LogP contribution in [0, 0.1) is 6.92 Å². The lowest BCUT2D eigenvalue weighted by molar-refractivity contribution is -0.137. The van der Waals surface area contributed by atoms with Gasteiger partial charge in [0, 0.05) is 18.7 Å². The summed E-state index contributed by atoms with van der Waals surface area (Å²) in [4.78, 5) is 23.5. The zero-order valence-electron chi connectivity index (χ0n) is 20.1. The predicted molar refractivity (Wildman–Crippen MR) is 136 cm³/mol. The molecule has 0 saturated carbocycles. The number of nitrogens with one attached hydrogen (secondary N) is 2. The third kappa shape index (κ3) is 9.71. The van der Waals surface area contributed by atoms with Crippen molar-refractivity contribution in [3.05, 3.63) is 108 Å². The van der Waals surface area contributed by atoms with E-state index in [9.17, 15) is 14.0 Å². The maximum Gasteiger partial charge on any atom is 0.303 e. The minimum atomic E-state index is -0.829. The van der Waals surface area contributed by atoms with E-state index in [2.05, 4.69) is 23.8 Å². The Balaban J connectivity index is 2.04. The summed E-state index contributed by atoms with van der Waals surface area (Å²) in [6, 6.07) is 12.9. The topological polar surface area (TPSA) is 87.7 Å². The van der Waals surface area contributed by atoms with Gasteiger partial charge in [-0.25, -0.2) is 4.39 Å². The maximum atomic E-state index is 13.0. The van der Waals surface area contributed by atoms with Crippen LogP contribution in [0.2, 0.25) is 0 Å². The molecule has 0 radical (unpaired) electrons. The van der Waals surface area contributed by atoms with E-state index in [0.717, 1.165) is 16.7 Å². The molecule has 2 aromatic carbocycles. The second-order valence-corrected chi connectivity index (χ2v) is 7.91. The lowest BCUT2D eigenvalue weighted by Crippen LogP contribution is -2.30. The number of ether oxygens (including phenoxy) is 1. The van der Waals surface area contributed by atoms with Crippen LogP contribution >= 0.6 is 0 Å². The fraction of sp³-hybridized carbons (Fsp3) is 0.214. The van der Waals surface area contributed by atoms with Gasteiger partial charge in [-0.1, -0.05) is 37.4 Å². The summed E-state index contributed by atoms with van der Waals surface area (Å²) in [5.41, 5.74) is 3.44. The van der Waals surface area contributed by atoms with Crippen molar-refractivity contribution in [2.45, 2.75) is 39.7 Å². The molecule has 184 valence electrons. The molecule has 0 aromatic heterocycles. The van der Waals surface area contributed by atoms with Crippen LogP contribution in [0.4, 0.5) is 4.39 Å². The van der Waals surface area contributed by atoms with Gasteiger partial charge in [-0.2, -0.15) is 0 Å². The molecule has 35 heavy (non-hydrogen) atoms. The highest BCUT2D eigenvalue weighted by Crippen LogP contribution is 2.25. The molecule has 2 aromatic rings. The lowest BCUT2D eigenvalue weighted by Gasteiger charge is -2.13. The second kappa shape index (κ2) is 13.5. The summed E-state index contributed by atoms with van der Waals surface area (Å²) in [7, 11) is 0. The molecule has 7 heteroatoms. The molecule has 6 nitrogen and oxygen atoms in total. The molecule has 0 aliphatic heterocycles. The average Bonchev–Trinajstić information content (AvgIpc) is 2.81. The van der Waals surface area contributed by atoms with Crippen molar-refractivity contribution < 1.29 is 23.8 Å². The smallest absolute Gasteiger partial charge is 0.303 e. The summed E-state index contributed by atoms with van der Waals surface area (Å²) in [6.45, 7) is 10.9. The minimum Gasteiger partial charge on any atom is -0.481 e. The number of carboxylic acid groups (broad SMARTS) is 1. The number of carboxylic acids is 1. The van der Waals surface area contributed by atoms with Gasteiger partial charge in [0.25, 0.3) is 5.91 Å². The Labute approximate surface area is 205 Å². The molecule has 3 N–H and O–H groups in total. The number of hydrogen-bond acceptors (Lipinski definition) is 4. The molecule has 0 saturated heterocycles.